The summed E-state index contributed by atoms with van der Waals surface area (Å²) in [5.41, 5.74) is 5.59. The highest BCUT2D eigenvalue weighted by molar-refractivity contribution is 9.10. The number of thiophene rings is 1. The summed E-state index contributed by atoms with van der Waals surface area (Å²) in [6.07, 6.45) is 0. The van der Waals surface area contributed by atoms with Crippen molar-refractivity contribution >= 4 is 27.3 Å². The van der Waals surface area contributed by atoms with Crippen LogP contribution in [-0.2, 0) is 6.54 Å². The first-order valence-electron chi connectivity index (χ1n) is 3.87. The third-order valence-corrected chi connectivity index (χ3v) is 3.08. The van der Waals surface area contributed by atoms with Crippen LogP contribution in [0.5, 0.6) is 0 Å². The molecule has 0 aliphatic rings. The summed E-state index contributed by atoms with van der Waals surface area (Å²) in [4.78, 5) is 1.34. The minimum Gasteiger partial charge on any atom is -0.327 e. The second-order valence-corrected chi connectivity index (χ2v) is 4.75. The van der Waals surface area contributed by atoms with Crippen LogP contribution in [0, 0.1) is 0 Å². The molecule has 1 heterocycles. The summed E-state index contributed by atoms with van der Waals surface area (Å²) >= 11 is 5.16. The minimum atomic E-state index is 0.230. The lowest BCUT2D eigenvalue weighted by Crippen LogP contribution is -2.30. The Bertz CT molecular complexity index is 235. The van der Waals surface area contributed by atoms with Gasteiger partial charge >= 0.3 is 0 Å². The van der Waals surface area contributed by atoms with E-state index in [1.165, 1.54) is 4.88 Å². The SMILES string of the molecule is CC(N)CNCc1cc(Br)cs1. The molecule has 1 aromatic heterocycles. The van der Waals surface area contributed by atoms with E-state index in [4.69, 9.17) is 5.73 Å². The quantitative estimate of drug-likeness (QED) is 0.855. The molecular weight excluding hydrogens is 236 g/mol. The molecule has 0 amide bonds. The van der Waals surface area contributed by atoms with Gasteiger partial charge in [0.2, 0.25) is 0 Å². The molecule has 1 unspecified atom stereocenters. The summed E-state index contributed by atoms with van der Waals surface area (Å²) in [6.45, 7) is 3.78. The smallest absolute Gasteiger partial charge is 0.0300 e. The molecule has 0 saturated heterocycles. The summed E-state index contributed by atoms with van der Waals surface area (Å²) in [5.74, 6) is 0. The molecule has 0 saturated carbocycles. The lowest BCUT2D eigenvalue weighted by Gasteiger charge is -2.05. The molecule has 0 aliphatic carbocycles. The largest absolute Gasteiger partial charge is 0.327 e. The lowest BCUT2D eigenvalue weighted by atomic mass is 10.3. The number of nitrogens with one attached hydrogen (secondary N) is 1. The summed E-state index contributed by atoms with van der Waals surface area (Å²) in [6, 6.07) is 2.35. The third-order valence-electron chi connectivity index (χ3n) is 1.39. The van der Waals surface area contributed by atoms with Crippen molar-refractivity contribution in [3.05, 3.63) is 20.8 Å². The van der Waals surface area contributed by atoms with Crippen molar-refractivity contribution in [2.75, 3.05) is 6.54 Å². The minimum absolute atomic E-state index is 0.230. The van der Waals surface area contributed by atoms with Crippen LogP contribution in [0.4, 0.5) is 0 Å². The van der Waals surface area contributed by atoms with E-state index in [-0.39, 0.29) is 6.04 Å². The normalized spacial score (nSPS) is 13.2. The Balaban J connectivity index is 2.24. The maximum Gasteiger partial charge on any atom is 0.0300 e. The van der Waals surface area contributed by atoms with E-state index in [1.54, 1.807) is 11.3 Å². The van der Waals surface area contributed by atoms with Gasteiger partial charge in [0, 0.05) is 33.9 Å². The molecule has 3 N–H and O–H groups in total. The molecule has 0 spiro atoms. The van der Waals surface area contributed by atoms with Gasteiger partial charge in [0.15, 0.2) is 0 Å². The Labute approximate surface area is 85.3 Å². The molecule has 0 aliphatic heterocycles. The maximum atomic E-state index is 5.59. The van der Waals surface area contributed by atoms with Gasteiger partial charge in [-0.25, -0.2) is 0 Å². The van der Waals surface area contributed by atoms with Crippen LogP contribution in [-0.4, -0.2) is 12.6 Å². The zero-order valence-electron chi connectivity index (χ0n) is 7.01. The molecule has 1 atom stereocenters. The number of hydrogen-bond donors (Lipinski definition) is 2. The predicted molar refractivity (Wildman–Crippen MR) is 57.4 cm³/mol. The number of nitrogens with two attached hydrogens (primary N) is 1. The first kappa shape index (κ1) is 10.2. The Hall–Kier alpha value is 0.1000. The highest BCUT2D eigenvalue weighted by Gasteiger charge is 1.97. The Morgan fingerprint density at radius 1 is 1.75 bits per heavy atom. The van der Waals surface area contributed by atoms with Crippen molar-refractivity contribution < 1.29 is 0 Å². The predicted octanol–water partition coefficient (Wildman–Crippen LogP) is 1.95. The monoisotopic (exact) mass is 248 g/mol. The van der Waals surface area contributed by atoms with E-state index < -0.39 is 0 Å². The molecular formula is C8H13BrN2S. The van der Waals surface area contributed by atoms with E-state index in [1.807, 2.05) is 6.92 Å². The average Bonchev–Trinajstić information content (AvgIpc) is 2.35. The molecule has 4 heteroatoms. The summed E-state index contributed by atoms with van der Waals surface area (Å²) < 4.78 is 1.16. The molecule has 12 heavy (non-hydrogen) atoms. The second kappa shape index (κ2) is 4.97. The van der Waals surface area contributed by atoms with Crippen LogP contribution in [0.1, 0.15) is 11.8 Å². The molecule has 0 radical (unpaired) electrons. The topological polar surface area (TPSA) is 38.0 Å². The van der Waals surface area contributed by atoms with Gasteiger partial charge in [-0.1, -0.05) is 0 Å². The van der Waals surface area contributed by atoms with Crippen LogP contribution in [0.3, 0.4) is 0 Å². The molecule has 0 fully saturated rings. The van der Waals surface area contributed by atoms with Gasteiger partial charge in [0.05, 0.1) is 0 Å². The van der Waals surface area contributed by atoms with Crippen molar-refractivity contribution in [3.63, 3.8) is 0 Å². The highest BCUT2D eigenvalue weighted by atomic mass is 79.9. The summed E-state index contributed by atoms with van der Waals surface area (Å²) in [7, 11) is 0. The van der Waals surface area contributed by atoms with E-state index in [9.17, 15) is 0 Å². The number of rotatable bonds is 4. The van der Waals surface area contributed by atoms with Crippen molar-refractivity contribution in [1.29, 1.82) is 0 Å². The van der Waals surface area contributed by atoms with Gasteiger partial charge in [0.25, 0.3) is 0 Å². The molecule has 68 valence electrons. The fourth-order valence-electron chi connectivity index (χ4n) is 0.870. The van der Waals surface area contributed by atoms with Gasteiger partial charge < -0.3 is 11.1 Å². The first-order chi connectivity index (χ1) is 5.68. The average molecular weight is 249 g/mol. The zero-order valence-corrected chi connectivity index (χ0v) is 9.41. The van der Waals surface area contributed by atoms with Crippen LogP contribution in [0.25, 0.3) is 0 Å². The zero-order chi connectivity index (χ0) is 8.97. The van der Waals surface area contributed by atoms with E-state index in [2.05, 4.69) is 32.7 Å². The van der Waals surface area contributed by atoms with Crippen LogP contribution in [0.15, 0.2) is 15.9 Å². The highest BCUT2D eigenvalue weighted by Crippen LogP contribution is 2.19. The molecule has 1 rings (SSSR count). The van der Waals surface area contributed by atoms with Crippen molar-refractivity contribution in [2.45, 2.75) is 19.5 Å². The first-order valence-corrected chi connectivity index (χ1v) is 5.55. The van der Waals surface area contributed by atoms with Gasteiger partial charge in [0.1, 0.15) is 0 Å². The lowest BCUT2D eigenvalue weighted by molar-refractivity contribution is 0.612. The van der Waals surface area contributed by atoms with Crippen LogP contribution < -0.4 is 11.1 Å². The number of halogens is 1. The molecule has 1 aromatic rings. The molecule has 0 aromatic carbocycles. The van der Waals surface area contributed by atoms with Crippen molar-refractivity contribution in [1.82, 2.24) is 5.32 Å². The fourth-order valence-corrected chi connectivity index (χ4v) is 2.29. The van der Waals surface area contributed by atoms with Gasteiger partial charge in [-0.2, -0.15) is 0 Å². The second-order valence-electron chi connectivity index (χ2n) is 2.84. The Kier molecular flexibility index (Phi) is 4.21. The molecule has 2 nitrogen and oxygen atoms in total. The van der Waals surface area contributed by atoms with E-state index in [0.717, 1.165) is 17.6 Å². The Morgan fingerprint density at radius 3 is 3.00 bits per heavy atom. The third kappa shape index (κ3) is 3.67. The fraction of sp³-hybridized carbons (Fsp3) is 0.500. The van der Waals surface area contributed by atoms with Crippen molar-refractivity contribution in [3.8, 4) is 0 Å². The van der Waals surface area contributed by atoms with Crippen LogP contribution >= 0.6 is 27.3 Å². The summed E-state index contributed by atoms with van der Waals surface area (Å²) in [5, 5.41) is 5.37. The standard InChI is InChI=1S/C8H13BrN2S/c1-6(10)3-11-4-8-2-7(9)5-12-8/h2,5-6,11H,3-4,10H2,1H3. The van der Waals surface area contributed by atoms with Crippen molar-refractivity contribution in [2.24, 2.45) is 5.73 Å². The van der Waals surface area contributed by atoms with Gasteiger partial charge in [-0.05, 0) is 28.9 Å². The number of hydrogen-bond acceptors (Lipinski definition) is 3. The van der Waals surface area contributed by atoms with Gasteiger partial charge in [-0.3, -0.25) is 0 Å². The maximum absolute atomic E-state index is 5.59. The van der Waals surface area contributed by atoms with Gasteiger partial charge in [-0.15, -0.1) is 11.3 Å². The molecule has 0 bridgehead atoms. The van der Waals surface area contributed by atoms with E-state index in [0.29, 0.717) is 0 Å². The van der Waals surface area contributed by atoms with E-state index >= 15 is 0 Å². The van der Waals surface area contributed by atoms with Crippen LogP contribution in [0.2, 0.25) is 0 Å². The Morgan fingerprint density at radius 2 is 2.50 bits per heavy atom.